The molecule has 0 bridgehead atoms. The Hall–Kier alpha value is -3.31. The van der Waals surface area contributed by atoms with E-state index in [4.69, 9.17) is 16.0 Å². The van der Waals surface area contributed by atoms with E-state index in [1.165, 1.54) is 12.3 Å². The number of carbonyl (C=O) groups excluding carboxylic acids is 2. The van der Waals surface area contributed by atoms with Crippen LogP contribution in [0.1, 0.15) is 34.6 Å². The van der Waals surface area contributed by atoms with Gasteiger partial charge in [0, 0.05) is 16.7 Å². The maximum atomic E-state index is 12.8. The zero-order chi connectivity index (χ0) is 19.9. The first kappa shape index (κ1) is 19.5. The number of nitrogens with one attached hydrogen (secondary N) is 2. The van der Waals surface area contributed by atoms with E-state index in [9.17, 15) is 9.59 Å². The molecule has 0 saturated carbocycles. The summed E-state index contributed by atoms with van der Waals surface area (Å²) in [5, 5.41) is 6.12. The molecule has 2 N–H and O–H groups in total. The number of rotatable bonds is 6. The maximum Gasteiger partial charge on any atom is 0.268 e. The van der Waals surface area contributed by atoms with E-state index < -0.39 is 5.91 Å². The highest BCUT2D eigenvalue weighted by Gasteiger charge is 2.18. The summed E-state index contributed by atoms with van der Waals surface area (Å²) in [6, 6.07) is 19.0. The summed E-state index contributed by atoms with van der Waals surface area (Å²) in [7, 11) is 0. The Morgan fingerprint density at radius 2 is 1.82 bits per heavy atom. The average molecular weight is 395 g/mol. The van der Waals surface area contributed by atoms with Crippen molar-refractivity contribution in [2.75, 3.05) is 0 Å². The van der Waals surface area contributed by atoms with Gasteiger partial charge in [0.25, 0.3) is 11.8 Å². The van der Waals surface area contributed by atoms with E-state index in [2.05, 4.69) is 10.6 Å². The molecule has 3 rings (SSSR count). The Bertz CT molecular complexity index is 982. The molecule has 5 nitrogen and oxygen atoms in total. The van der Waals surface area contributed by atoms with Crippen molar-refractivity contribution in [3.8, 4) is 0 Å². The molecule has 6 heteroatoms. The summed E-state index contributed by atoms with van der Waals surface area (Å²) >= 11 is 6.03. The minimum atomic E-state index is -0.437. The van der Waals surface area contributed by atoms with E-state index in [0.717, 1.165) is 5.56 Å². The van der Waals surface area contributed by atoms with Crippen LogP contribution in [-0.2, 0) is 4.79 Å². The van der Waals surface area contributed by atoms with E-state index >= 15 is 0 Å². The van der Waals surface area contributed by atoms with Gasteiger partial charge in [-0.25, -0.2) is 0 Å². The molecule has 0 radical (unpaired) electrons. The van der Waals surface area contributed by atoms with Crippen molar-refractivity contribution in [2.45, 2.75) is 13.0 Å². The zero-order valence-corrected chi connectivity index (χ0v) is 15.9. The second-order valence-corrected chi connectivity index (χ2v) is 6.58. The Labute approximate surface area is 168 Å². The third-order valence-corrected chi connectivity index (χ3v) is 4.29. The van der Waals surface area contributed by atoms with Gasteiger partial charge < -0.3 is 15.1 Å². The van der Waals surface area contributed by atoms with Gasteiger partial charge in [-0.05, 0) is 48.9 Å². The lowest BCUT2D eigenvalue weighted by molar-refractivity contribution is -0.118. The van der Waals surface area contributed by atoms with Crippen LogP contribution in [-0.4, -0.2) is 11.8 Å². The smallest absolute Gasteiger partial charge is 0.268 e. The predicted octanol–water partition coefficient (Wildman–Crippen LogP) is 4.58. The lowest BCUT2D eigenvalue weighted by Gasteiger charge is -2.16. The molecule has 0 aliphatic rings. The highest BCUT2D eigenvalue weighted by molar-refractivity contribution is 6.30. The van der Waals surface area contributed by atoms with Crippen LogP contribution < -0.4 is 10.6 Å². The lowest BCUT2D eigenvalue weighted by atomic mass is 10.1. The Balaban J connectivity index is 1.80. The fraction of sp³-hybridized carbons (Fsp3) is 0.0909. The van der Waals surface area contributed by atoms with Crippen molar-refractivity contribution in [3.05, 3.63) is 101 Å². The molecule has 1 atom stereocenters. The number of benzene rings is 2. The normalized spacial score (nSPS) is 12.3. The van der Waals surface area contributed by atoms with Crippen molar-refractivity contribution in [1.29, 1.82) is 0 Å². The monoisotopic (exact) mass is 394 g/mol. The second-order valence-electron chi connectivity index (χ2n) is 6.14. The van der Waals surface area contributed by atoms with E-state index in [-0.39, 0.29) is 17.6 Å². The average Bonchev–Trinajstić information content (AvgIpc) is 3.21. The van der Waals surface area contributed by atoms with Crippen LogP contribution in [0.15, 0.2) is 83.1 Å². The first-order valence-electron chi connectivity index (χ1n) is 8.71. The molecule has 3 aromatic rings. The quantitative estimate of drug-likeness (QED) is 0.601. The third kappa shape index (κ3) is 5.11. The van der Waals surface area contributed by atoms with Gasteiger partial charge >= 0.3 is 0 Å². The van der Waals surface area contributed by atoms with Crippen molar-refractivity contribution in [1.82, 2.24) is 10.6 Å². The zero-order valence-electron chi connectivity index (χ0n) is 15.2. The van der Waals surface area contributed by atoms with Gasteiger partial charge in [-0.2, -0.15) is 0 Å². The van der Waals surface area contributed by atoms with Gasteiger partial charge in [0.1, 0.15) is 11.5 Å². The molecule has 2 amide bonds. The topological polar surface area (TPSA) is 71.3 Å². The summed E-state index contributed by atoms with van der Waals surface area (Å²) < 4.78 is 5.28. The van der Waals surface area contributed by atoms with E-state index in [0.29, 0.717) is 16.3 Å². The number of hydrogen-bond donors (Lipinski definition) is 2. The highest BCUT2D eigenvalue weighted by atomic mass is 35.5. The second kappa shape index (κ2) is 9.06. The van der Waals surface area contributed by atoms with Gasteiger partial charge in [0.15, 0.2) is 0 Å². The van der Waals surface area contributed by atoms with Crippen LogP contribution in [0.4, 0.5) is 0 Å². The van der Waals surface area contributed by atoms with E-state index in [1.807, 2.05) is 25.1 Å². The van der Waals surface area contributed by atoms with Crippen molar-refractivity contribution in [3.63, 3.8) is 0 Å². The number of amides is 2. The largest absolute Gasteiger partial charge is 0.465 e. The summed E-state index contributed by atoms with van der Waals surface area (Å²) in [5.41, 5.74) is 1.38. The van der Waals surface area contributed by atoms with Gasteiger partial charge in [-0.1, -0.05) is 41.9 Å². The first-order valence-corrected chi connectivity index (χ1v) is 9.08. The van der Waals surface area contributed by atoms with Gasteiger partial charge in [-0.15, -0.1) is 0 Å². The SMILES string of the molecule is CC(NC(=O)/C(=C/c1ccco1)NC(=O)c1ccccc1)c1cccc(Cl)c1. The lowest BCUT2D eigenvalue weighted by Crippen LogP contribution is -2.36. The minimum Gasteiger partial charge on any atom is -0.465 e. The van der Waals surface area contributed by atoms with Crippen molar-refractivity contribution >= 4 is 29.5 Å². The molecule has 142 valence electrons. The molecule has 1 unspecified atom stereocenters. The van der Waals surface area contributed by atoms with Crippen LogP contribution in [0.2, 0.25) is 5.02 Å². The van der Waals surface area contributed by atoms with Gasteiger partial charge in [0.2, 0.25) is 0 Å². The van der Waals surface area contributed by atoms with Crippen molar-refractivity contribution in [2.24, 2.45) is 0 Å². The molecule has 0 aliphatic carbocycles. The van der Waals surface area contributed by atoms with E-state index in [1.54, 1.807) is 48.5 Å². The first-order chi connectivity index (χ1) is 13.5. The third-order valence-electron chi connectivity index (χ3n) is 4.05. The number of furan rings is 1. The molecule has 28 heavy (non-hydrogen) atoms. The molecule has 1 aromatic heterocycles. The molecular formula is C22H19ClN2O3. The summed E-state index contributed by atoms with van der Waals surface area (Å²) in [5.74, 6) is -0.369. The molecule has 1 heterocycles. The molecule has 0 aliphatic heterocycles. The van der Waals surface area contributed by atoms with Crippen LogP contribution in [0.5, 0.6) is 0 Å². The fourth-order valence-electron chi connectivity index (χ4n) is 2.59. The summed E-state index contributed by atoms with van der Waals surface area (Å²) in [4.78, 5) is 25.3. The number of carbonyl (C=O) groups is 2. The highest BCUT2D eigenvalue weighted by Crippen LogP contribution is 2.18. The van der Waals surface area contributed by atoms with Gasteiger partial charge in [0.05, 0.1) is 12.3 Å². The van der Waals surface area contributed by atoms with Crippen molar-refractivity contribution < 1.29 is 14.0 Å². The molecule has 0 fully saturated rings. The maximum absolute atomic E-state index is 12.8. The number of hydrogen-bond acceptors (Lipinski definition) is 3. The van der Waals surface area contributed by atoms with Crippen LogP contribution >= 0.6 is 11.6 Å². The molecule has 0 saturated heterocycles. The van der Waals surface area contributed by atoms with Crippen LogP contribution in [0.25, 0.3) is 6.08 Å². The molecular weight excluding hydrogens is 376 g/mol. The predicted molar refractivity (Wildman–Crippen MR) is 109 cm³/mol. The minimum absolute atomic E-state index is 0.0812. The van der Waals surface area contributed by atoms with Gasteiger partial charge in [-0.3, -0.25) is 9.59 Å². The fourth-order valence-corrected chi connectivity index (χ4v) is 2.79. The Morgan fingerprint density at radius 1 is 1.04 bits per heavy atom. The number of halogens is 1. The Morgan fingerprint density at radius 3 is 2.50 bits per heavy atom. The Kier molecular flexibility index (Phi) is 6.29. The molecule has 0 spiro atoms. The van der Waals surface area contributed by atoms with Crippen LogP contribution in [0.3, 0.4) is 0 Å². The summed E-state index contributed by atoms with van der Waals surface area (Å²) in [6.45, 7) is 1.84. The molecule has 2 aromatic carbocycles. The standard InChI is InChI=1S/C22H19ClN2O3/c1-15(17-9-5-10-18(23)13-17)24-22(27)20(14-19-11-6-12-28-19)25-21(26)16-7-3-2-4-8-16/h2-15H,1H3,(H,24,27)(H,25,26)/b20-14-. The van der Waals surface area contributed by atoms with Crippen LogP contribution in [0, 0.1) is 0 Å². The summed E-state index contributed by atoms with van der Waals surface area (Å²) in [6.07, 6.45) is 2.98.